The molecule has 0 aromatic carbocycles. The minimum absolute atomic E-state index is 0.272. The third-order valence-corrected chi connectivity index (χ3v) is 4.31. The molecule has 0 saturated heterocycles. The van der Waals surface area contributed by atoms with Crippen molar-refractivity contribution in [2.75, 3.05) is 12.3 Å². The summed E-state index contributed by atoms with van der Waals surface area (Å²) in [5.74, 6) is -3.58. The number of aliphatic carboxylic acids is 1. The Kier molecular flexibility index (Phi) is 5.11. The molecule has 1 rings (SSSR count). The van der Waals surface area contributed by atoms with Gasteiger partial charge in [0.1, 0.15) is 6.04 Å². The number of nitrogens with zero attached hydrogens (tertiary/aromatic N) is 2. The Labute approximate surface area is 114 Å². The van der Waals surface area contributed by atoms with Crippen LogP contribution in [0, 0.1) is 16.0 Å². The van der Waals surface area contributed by atoms with Crippen LogP contribution in [0.5, 0.6) is 0 Å². The fraction of sp³-hybridized carbons (Fsp3) is 0.400. The molecule has 9 nitrogen and oxygen atoms in total. The minimum atomic E-state index is -3.94. The molecule has 0 amide bonds. The summed E-state index contributed by atoms with van der Waals surface area (Å²) in [6.45, 7) is -0.848. The number of rotatable bonds is 7. The lowest BCUT2D eigenvalue weighted by Gasteiger charge is -2.16. The Bertz CT molecular complexity index is 588. The minimum Gasteiger partial charge on any atom is -0.480 e. The third-order valence-electron chi connectivity index (χ3n) is 2.57. The maximum Gasteiger partial charge on any atom is 0.321 e. The summed E-state index contributed by atoms with van der Waals surface area (Å²) in [4.78, 5) is 24.1. The van der Waals surface area contributed by atoms with E-state index in [1.54, 1.807) is 0 Å². The van der Waals surface area contributed by atoms with E-state index in [9.17, 15) is 23.3 Å². The molecule has 10 heteroatoms. The zero-order valence-corrected chi connectivity index (χ0v) is 11.1. The molecule has 1 heterocycles. The van der Waals surface area contributed by atoms with Gasteiger partial charge in [0.25, 0.3) is 0 Å². The van der Waals surface area contributed by atoms with Crippen LogP contribution in [0.1, 0.15) is 0 Å². The van der Waals surface area contributed by atoms with Crippen LogP contribution in [0.15, 0.2) is 29.4 Å². The standard InChI is InChI=1S/C10H13N3O6S/c11-9(10(14)15)7(5-13(16)17)6-20(18,19)8-3-1-2-4-12-8/h1-4,7,9H,5-6,11H2,(H,14,15)/t7?,9-/m0/s1. The second kappa shape index (κ2) is 6.39. The molecule has 0 aliphatic carbocycles. The molecule has 0 saturated carbocycles. The number of pyridine rings is 1. The van der Waals surface area contributed by atoms with Crippen molar-refractivity contribution in [2.24, 2.45) is 11.7 Å². The molecule has 0 bridgehead atoms. The van der Waals surface area contributed by atoms with Crippen LogP contribution in [0.2, 0.25) is 0 Å². The van der Waals surface area contributed by atoms with Gasteiger partial charge >= 0.3 is 5.97 Å². The quantitative estimate of drug-likeness (QED) is 0.488. The maximum absolute atomic E-state index is 12.0. The van der Waals surface area contributed by atoms with Gasteiger partial charge in [-0.05, 0) is 12.1 Å². The molecule has 0 aliphatic rings. The summed E-state index contributed by atoms with van der Waals surface area (Å²) >= 11 is 0. The van der Waals surface area contributed by atoms with Gasteiger partial charge < -0.3 is 10.8 Å². The molecule has 1 unspecified atom stereocenters. The van der Waals surface area contributed by atoms with Crippen molar-refractivity contribution in [3.8, 4) is 0 Å². The molecular weight excluding hydrogens is 290 g/mol. The Morgan fingerprint density at radius 1 is 1.50 bits per heavy atom. The van der Waals surface area contributed by atoms with Crippen molar-refractivity contribution in [3.05, 3.63) is 34.5 Å². The smallest absolute Gasteiger partial charge is 0.321 e. The van der Waals surface area contributed by atoms with Gasteiger partial charge in [0.15, 0.2) is 14.9 Å². The van der Waals surface area contributed by atoms with Gasteiger partial charge in [0.2, 0.25) is 6.54 Å². The Morgan fingerprint density at radius 3 is 2.60 bits per heavy atom. The molecule has 0 spiro atoms. The van der Waals surface area contributed by atoms with E-state index in [2.05, 4.69) is 4.98 Å². The van der Waals surface area contributed by atoms with E-state index in [-0.39, 0.29) is 5.03 Å². The van der Waals surface area contributed by atoms with Crippen LogP contribution in [0.3, 0.4) is 0 Å². The summed E-state index contributed by atoms with van der Waals surface area (Å²) < 4.78 is 24.0. The number of carbonyl (C=O) groups is 1. The lowest BCUT2D eigenvalue weighted by molar-refractivity contribution is -0.487. The lowest BCUT2D eigenvalue weighted by Crippen LogP contribution is -2.44. The van der Waals surface area contributed by atoms with E-state index >= 15 is 0 Å². The van der Waals surface area contributed by atoms with E-state index < -0.39 is 45.0 Å². The first kappa shape index (κ1) is 16.0. The second-order valence-corrected chi connectivity index (χ2v) is 6.07. The van der Waals surface area contributed by atoms with Crippen LogP contribution < -0.4 is 5.73 Å². The van der Waals surface area contributed by atoms with Crippen LogP contribution in [0.4, 0.5) is 0 Å². The van der Waals surface area contributed by atoms with Gasteiger partial charge in [-0.1, -0.05) is 6.07 Å². The monoisotopic (exact) mass is 303 g/mol. The first-order valence-electron chi connectivity index (χ1n) is 5.48. The summed E-state index contributed by atoms with van der Waals surface area (Å²) in [6.07, 6.45) is 1.26. The van der Waals surface area contributed by atoms with E-state index in [0.717, 1.165) is 0 Å². The Hall–Kier alpha value is -2.07. The number of sulfone groups is 1. The highest BCUT2D eigenvalue weighted by atomic mass is 32.2. The number of carboxylic acids is 1. The van der Waals surface area contributed by atoms with Crippen LogP contribution >= 0.6 is 0 Å². The lowest BCUT2D eigenvalue weighted by atomic mass is 10.0. The summed E-state index contributed by atoms with van der Waals surface area (Å²) in [5.41, 5.74) is 5.31. The molecule has 1 aromatic rings. The summed E-state index contributed by atoms with van der Waals surface area (Å²) in [5, 5.41) is 19.0. The van der Waals surface area contributed by atoms with Crippen molar-refractivity contribution in [1.82, 2.24) is 4.98 Å². The normalized spacial score (nSPS) is 14.4. The van der Waals surface area contributed by atoms with Crippen LogP contribution in [-0.4, -0.2) is 47.7 Å². The van der Waals surface area contributed by atoms with Crippen molar-refractivity contribution in [1.29, 1.82) is 0 Å². The third kappa shape index (κ3) is 4.24. The molecule has 0 aliphatic heterocycles. The molecule has 0 fully saturated rings. The first-order valence-corrected chi connectivity index (χ1v) is 7.13. The Balaban J connectivity index is 3.00. The molecule has 110 valence electrons. The highest BCUT2D eigenvalue weighted by Crippen LogP contribution is 2.14. The first-order chi connectivity index (χ1) is 9.24. The van der Waals surface area contributed by atoms with Gasteiger partial charge in [-0.2, -0.15) is 0 Å². The molecule has 1 aromatic heterocycles. The number of hydrogen-bond donors (Lipinski definition) is 2. The Morgan fingerprint density at radius 2 is 2.15 bits per heavy atom. The van der Waals surface area contributed by atoms with Gasteiger partial charge in [0.05, 0.1) is 11.7 Å². The predicted octanol–water partition coefficient (Wildman–Crippen LogP) is -0.840. The highest BCUT2D eigenvalue weighted by Gasteiger charge is 2.34. The van der Waals surface area contributed by atoms with Gasteiger partial charge in [-0.25, -0.2) is 13.4 Å². The average Bonchev–Trinajstić information content (AvgIpc) is 2.37. The SMILES string of the molecule is N[C@H](C(=O)O)C(C[N+](=O)[O-])CS(=O)(=O)c1ccccn1. The van der Waals surface area contributed by atoms with E-state index in [0.29, 0.717) is 0 Å². The number of nitrogens with two attached hydrogens (primary N) is 1. The fourth-order valence-electron chi connectivity index (χ4n) is 1.56. The van der Waals surface area contributed by atoms with Crippen LogP contribution in [-0.2, 0) is 14.6 Å². The van der Waals surface area contributed by atoms with Crippen molar-refractivity contribution < 1.29 is 23.2 Å². The molecule has 0 radical (unpaired) electrons. The largest absolute Gasteiger partial charge is 0.480 e. The number of carboxylic acid groups (broad SMARTS) is 1. The van der Waals surface area contributed by atoms with Gasteiger partial charge in [-0.3, -0.25) is 14.9 Å². The summed E-state index contributed by atoms with van der Waals surface area (Å²) in [7, 11) is -3.94. The van der Waals surface area contributed by atoms with E-state index in [1.165, 1.54) is 24.4 Å². The molecular formula is C10H13N3O6S. The topological polar surface area (TPSA) is 153 Å². The zero-order valence-electron chi connectivity index (χ0n) is 10.2. The van der Waals surface area contributed by atoms with Gasteiger partial charge in [-0.15, -0.1) is 0 Å². The van der Waals surface area contributed by atoms with Gasteiger partial charge in [0, 0.05) is 11.1 Å². The van der Waals surface area contributed by atoms with Crippen LogP contribution in [0.25, 0.3) is 0 Å². The number of nitro groups is 1. The number of hydrogen-bond acceptors (Lipinski definition) is 7. The average molecular weight is 303 g/mol. The molecule has 2 atom stereocenters. The highest BCUT2D eigenvalue weighted by molar-refractivity contribution is 7.91. The van der Waals surface area contributed by atoms with Crippen molar-refractivity contribution in [3.63, 3.8) is 0 Å². The zero-order chi connectivity index (χ0) is 15.3. The fourth-order valence-corrected chi connectivity index (χ4v) is 3.12. The summed E-state index contributed by atoms with van der Waals surface area (Å²) in [6, 6.07) is 2.54. The second-order valence-electron chi connectivity index (χ2n) is 4.09. The van der Waals surface area contributed by atoms with E-state index in [1.807, 2.05) is 0 Å². The number of aromatic nitrogens is 1. The van der Waals surface area contributed by atoms with Crippen molar-refractivity contribution in [2.45, 2.75) is 11.1 Å². The molecule has 3 N–H and O–H groups in total. The predicted molar refractivity (Wildman–Crippen MR) is 67.3 cm³/mol. The maximum atomic E-state index is 12.0. The van der Waals surface area contributed by atoms with E-state index in [4.69, 9.17) is 10.8 Å². The molecule has 20 heavy (non-hydrogen) atoms. The van der Waals surface area contributed by atoms with Crippen molar-refractivity contribution >= 4 is 15.8 Å².